The van der Waals surface area contributed by atoms with Crippen molar-refractivity contribution in [3.05, 3.63) is 29.8 Å². The van der Waals surface area contributed by atoms with E-state index in [-0.39, 0.29) is 42.4 Å². The van der Waals surface area contributed by atoms with Gasteiger partial charge in [0.05, 0.1) is 17.6 Å². The summed E-state index contributed by atoms with van der Waals surface area (Å²) in [4.78, 5) is 14.1. The first-order chi connectivity index (χ1) is 11.3. The first-order valence-electron chi connectivity index (χ1n) is 7.97. The number of nitrogens with one attached hydrogen (secondary N) is 2. The van der Waals surface area contributed by atoms with E-state index in [0.29, 0.717) is 13.2 Å². The number of hydrogen-bond acceptors (Lipinski definition) is 5. The predicted molar refractivity (Wildman–Crippen MR) is 98.5 cm³/mol. The maximum Gasteiger partial charge on any atom is 0.242 e. The first kappa shape index (κ1) is 21.9. The lowest BCUT2D eigenvalue weighted by molar-refractivity contribution is -0.138. The molecule has 1 aromatic rings. The van der Waals surface area contributed by atoms with Crippen LogP contribution in [0.5, 0.6) is 0 Å². The molecule has 0 radical (unpaired) electrons. The van der Waals surface area contributed by atoms with Gasteiger partial charge in [-0.2, -0.15) is 0 Å². The molecule has 0 aromatic heterocycles. The molecule has 0 aliphatic carbocycles. The van der Waals surface area contributed by atoms with E-state index in [9.17, 15) is 13.2 Å². The number of carbonyl (C=O) groups excluding carboxylic acids is 1. The van der Waals surface area contributed by atoms with Crippen LogP contribution < -0.4 is 10.0 Å². The summed E-state index contributed by atoms with van der Waals surface area (Å²) in [6.45, 7) is 5.41. The van der Waals surface area contributed by atoms with Crippen LogP contribution in [0.15, 0.2) is 29.2 Å². The van der Waals surface area contributed by atoms with E-state index >= 15 is 0 Å². The quantitative estimate of drug-likeness (QED) is 0.738. The molecule has 0 unspecified atom stereocenters. The molecule has 1 aromatic carbocycles. The van der Waals surface area contributed by atoms with E-state index in [4.69, 9.17) is 4.74 Å². The summed E-state index contributed by atoms with van der Waals surface area (Å²) in [5.41, 5.74) is 0.996. The summed E-state index contributed by atoms with van der Waals surface area (Å²) < 4.78 is 32.4. The Morgan fingerprint density at radius 3 is 2.60 bits per heavy atom. The molecule has 2 rings (SSSR count). The van der Waals surface area contributed by atoms with Crippen LogP contribution in [0.1, 0.15) is 12.5 Å². The first-order valence-corrected chi connectivity index (χ1v) is 9.46. The Bertz CT molecular complexity index is 666. The normalized spacial score (nSPS) is 20.6. The predicted octanol–water partition coefficient (Wildman–Crippen LogP) is 0.530. The average Bonchev–Trinajstić information content (AvgIpc) is 2.55. The molecule has 1 saturated heterocycles. The number of likely N-dealkylation sites (N-methyl/N-ethyl adjacent to an activating group) is 1. The van der Waals surface area contributed by atoms with E-state index in [0.717, 1.165) is 5.56 Å². The van der Waals surface area contributed by atoms with Gasteiger partial charge >= 0.3 is 0 Å². The van der Waals surface area contributed by atoms with Gasteiger partial charge in [0.2, 0.25) is 15.9 Å². The van der Waals surface area contributed by atoms with Crippen molar-refractivity contribution in [3.63, 3.8) is 0 Å². The molecule has 2 atom stereocenters. The smallest absolute Gasteiger partial charge is 0.242 e. The monoisotopic (exact) mass is 391 g/mol. The van der Waals surface area contributed by atoms with Crippen molar-refractivity contribution in [3.8, 4) is 0 Å². The lowest BCUT2D eigenvalue weighted by Gasteiger charge is -2.32. The van der Waals surface area contributed by atoms with Crippen LogP contribution >= 0.6 is 12.4 Å². The fourth-order valence-electron chi connectivity index (χ4n) is 2.51. The van der Waals surface area contributed by atoms with Gasteiger partial charge in [-0.25, -0.2) is 13.1 Å². The zero-order chi connectivity index (χ0) is 17.7. The molecule has 1 aliphatic rings. The summed E-state index contributed by atoms with van der Waals surface area (Å²) in [5.74, 6) is -0.100. The maximum absolute atomic E-state index is 12.4. The number of morpholine rings is 1. The van der Waals surface area contributed by atoms with Crippen molar-refractivity contribution in [2.75, 3.05) is 33.3 Å². The minimum absolute atomic E-state index is 0. The Labute approximate surface area is 155 Å². The molecule has 1 fully saturated rings. The van der Waals surface area contributed by atoms with E-state index in [1.807, 2.05) is 13.8 Å². The SMILES string of the molecule is Cc1ccc(S(=O)(=O)NCCN(C)C(=O)[C@H]2NCCO[C@@H]2C)cc1.Cl. The number of aryl methyl sites for hydroxylation is 1. The number of hydrogen-bond donors (Lipinski definition) is 2. The number of sulfonamides is 1. The van der Waals surface area contributed by atoms with Crippen LogP contribution in [0.2, 0.25) is 0 Å². The van der Waals surface area contributed by atoms with Crippen molar-refractivity contribution >= 4 is 28.3 Å². The molecule has 1 aliphatic heterocycles. The van der Waals surface area contributed by atoms with Gasteiger partial charge in [-0.05, 0) is 26.0 Å². The second kappa shape index (κ2) is 9.49. The highest BCUT2D eigenvalue weighted by molar-refractivity contribution is 7.89. The number of nitrogens with zero attached hydrogens (tertiary/aromatic N) is 1. The highest BCUT2D eigenvalue weighted by Crippen LogP contribution is 2.10. The number of benzene rings is 1. The second-order valence-electron chi connectivity index (χ2n) is 5.98. The number of carbonyl (C=O) groups is 1. The van der Waals surface area contributed by atoms with Gasteiger partial charge in [-0.15, -0.1) is 12.4 Å². The Morgan fingerprint density at radius 2 is 2.00 bits per heavy atom. The van der Waals surface area contributed by atoms with Crippen LogP contribution in [0, 0.1) is 6.92 Å². The third-order valence-electron chi connectivity index (χ3n) is 4.03. The highest BCUT2D eigenvalue weighted by Gasteiger charge is 2.30. The zero-order valence-corrected chi connectivity index (χ0v) is 16.3. The molecule has 0 bridgehead atoms. The van der Waals surface area contributed by atoms with Crippen LogP contribution in [-0.4, -0.2) is 64.7 Å². The molecule has 1 amide bonds. The van der Waals surface area contributed by atoms with Gasteiger partial charge in [-0.3, -0.25) is 4.79 Å². The Hall–Kier alpha value is -1.19. The standard InChI is InChI=1S/C16H25N3O4S.ClH/c1-12-4-6-14(7-5-12)24(21,22)18-8-10-19(3)16(20)15-13(2)23-11-9-17-15;/h4-7,13,15,17-18H,8-11H2,1-3H3;1H/t13-,15+;/m1./s1. The second-order valence-corrected chi connectivity index (χ2v) is 7.75. The molecule has 0 spiro atoms. The highest BCUT2D eigenvalue weighted by atomic mass is 35.5. The molecule has 0 saturated carbocycles. The van der Waals surface area contributed by atoms with E-state index in [1.165, 1.54) is 4.90 Å². The minimum atomic E-state index is -3.56. The van der Waals surface area contributed by atoms with Gasteiger partial charge in [0.25, 0.3) is 0 Å². The molecule has 7 nitrogen and oxygen atoms in total. The van der Waals surface area contributed by atoms with E-state index < -0.39 is 16.1 Å². The topological polar surface area (TPSA) is 87.7 Å². The van der Waals surface area contributed by atoms with Crippen LogP contribution in [0.4, 0.5) is 0 Å². The number of halogens is 1. The van der Waals surface area contributed by atoms with Crippen molar-refractivity contribution in [2.24, 2.45) is 0 Å². The fraction of sp³-hybridized carbons (Fsp3) is 0.562. The molecular weight excluding hydrogens is 366 g/mol. The van der Waals surface area contributed by atoms with E-state index in [2.05, 4.69) is 10.0 Å². The van der Waals surface area contributed by atoms with Gasteiger partial charge in [0.1, 0.15) is 6.04 Å². The fourth-order valence-corrected chi connectivity index (χ4v) is 3.53. The lowest BCUT2D eigenvalue weighted by atomic mass is 10.1. The zero-order valence-electron chi connectivity index (χ0n) is 14.7. The van der Waals surface area contributed by atoms with Crippen molar-refractivity contribution in [1.82, 2.24) is 14.9 Å². The van der Waals surface area contributed by atoms with Gasteiger partial charge in [0.15, 0.2) is 0 Å². The van der Waals surface area contributed by atoms with Gasteiger partial charge in [0, 0.05) is 26.7 Å². The Balaban J connectivity index is 0.00000312. The van der Waals surface area contributed by atoms with Crippen LogP contribution in [0.3, 0.4) is 0 Å². The largest absolute Gasteiger partial charge is 0.375 e. The van der Waals surface area contributed by atoms with E-state index in [1.54, 1.807) is 31.3 Å². The molecule has 2 N–H and O–H groups in total. The van der Waals surface area contributed by atoms with Crippen LogP contribution in [0.25, 0.3) is 0 Å². The minimum Gasteiger partial charge on any atom is -0.375 e. The summed E-state index contributed by atoms with van der Waals surface area (Å²) in [6, 6.07) is 6.24. The molecule has 142 valence electrons. The van der Waals surface area contributed by atoms with Crippen molar-refractivity contribution in [2.45, 2.75) is 30.9 Å². The van der Waals surface area contributed by atoms with Crippen molar-refractivity contribution < 1.29 is 17.9 Å². The third-order valence-corrected chi connectivity index (χ3v) is 5.51. The number of ether oxygens (including phenoxy) is 1. The Morgan fingerprint density at radius 1 is 1.36 bits per heavy atom. The Kier molecular flexibility index (Phi) is 8.30. The van der Waals surface area contributed by atoms with Crippen molar-refractivity contribution in [1.29, 1.82) is 0 Å². The molecule has 9 heteroatoms. The molecule has 25 heavy (non-hydrogen) atoms. The summed E-state index contributed by atoms with van der Waals surface area (Å²) in [5, 5.41) is 3.13. The lowest BCUT2D eigenvalue weighted by Crippen LogP contribution is -2.56. The van der Waals surface area contributed by atoms with Gasteiger partial charge in [-0.1, -0.05) is 17.7 Å². The number of rotatable bonds is 6. The summed E-state index contributed by atoms with van der Waals surface area (Å²) >= 11 is 0. The molecular formula is C16H26ClN3O4S. The van der Waals surface area contributed by atoms with Gasteiger partial charge < -0.3 is 15.0 Å². The maximum atomic E-state index is 12.4. The molecule has 1 heterocycles. The average molecular weight is 392 g/mol. The summed E-state index contributed by atoms with van der Waals surface area (Å²) in [7, 11) is -1.90. The number of amides is 1. The third kappa shape index (κ3) is 5.93. The van der Waals surface area contributed by atoms with Crippen LogP contribution in [-0.2, 0) is 19.6 Å². The summed E-state index contributed by atoms with van der Waals surface area (Å²) in [6.07, 6.45) is -0.196.